The zero-order chi connectivity index (χ0) is 20.6. The van der Waals surface area contributed by atoms with Crippen LogP contribution in [0.2, 0.25) is 0 Å². The predicted octanol–water partition coefficient (Wildman–Crippen LogP) is 2.78. The summed E-state index contributed by atoms with van der Waals surface area (Å²) in [6.45, 7) is 8.37. The van der Waals surface area contributed by atoms with Crippen LogP contribution in [-0.2, 0) is 11.3 Å². The van der Waals surface area contributed by atoms with Gasteiger partial charge in [-0.15, -0.1) is 0 Å². The number of likely N-dealkylation sites (tertiary alicyclic amines) is 1. The summed E-state index contributed by atoms with van der Waals surface area (Å²) >= 11 is 0. The molecule has 2 fully saturated rings. The molecule has 0 amide bonds. The second kappa shape index (κ2) is 8.20. The fourth-order valence-corrected chi connectivity index (χ4v) is 4.84. The highest BCUT2D eigenvalue weighted by Crippen LogP contribution is 2.27. The van der Waals surface area contributed by atoms with Crippen LogP contribution in [-0.4, -0.2) is 57.6 Å². The first kappa shape index (κ1) is 20.6. The molecule has 3 heterocycles. The van der Waals surface area contributed by atoms with Gasteiger partial charge in [0.25, 0.3) is 0 Å². The molecule has 0 saturated carbocycles. The first-order valence-corrected chi connectivity index (χ1v) is 10.8. The van der Waals surface area contributed by atoms with Gasteiger partial charge in [0.15, 0.2) is 0 Å². The standard InChI is InChI=1S/C22H32FN3O3/c1-16(2)26-19-4-3-18(23)13-20(19)25(21(26)27)14-17-5-9-24(10-6-17)15-22(28)7-11-29-12-8-22/h3-4,13,16-17,28H,5-12,14-15H2,1-2H3. The molecule has 2 aliphatic heterocycles. The van der Waals surface area contributed by atoms with E-state index in [-0.39, 0.29) is 17.5 Å². The molecule has 160 valence electrons. The molecule has 2 saturated heterocycles. The van der Waals surface area contributed by atoms with E-state index in [1.165, 1.54) is 12.1 Å². The van der Waals surface area contributed by atoms with Crippen LogP contribution in [0.4, 0.5) is 4.39 Å². The van der Waals surface area contributed by atoms with Crippen LogP contribution < -0.4 is 5.69 Å². The molecule has 2 aliphatic rings. The largest absolute Gasteiger partial charge is 0.388 e. The van der Waals surface area contributed by atoms with Crippen molar-refractivity contribution in [3.8, 4) is 0 Å². The fourth-order valence-electron chi connectivity index (χ4n) is 4.84. The number of aromatic nitrogens is 2. The third-order valence-electron chi connectivity index (χ3n) is 6.53. The third-order valence-corrected chi connectivity index (χ3v) is 6.53. The molecule has 1 aromatic heterocycles. The van der Waals surface area contributed by atoms with Crippen molar-refractivity contribution < 1.29 is 14.2 Å². The van der Waals surface area contributed by atoms with Crippen molar-refractivity contribution in [3.05, 3.63) is 34.5 Å². The second-order valence-electron chi connectivity index (χ2n) is 9.05. The number of hydrogen-bond donors (Lipinski definition) is 1. The molecule has 4 rings (SSSR count). The molecule has 1 aromatic carbocycles. The maximum atomic E-state index is 13.9. The SMILES string of the molecule is CC(C)n1c(=O)n(CC2CCN(CC3(O)CCOCC3)CC2)c2cc(F)ccc21. The van der Waals surface area contributed by atoms with E-state index in [4.69, 9.17) is 4.74 Å². The first-order valence-electron chi connectivity index (χ1n) is 10.8. The van der Waals surface area contributed by atoms with E-state index in [0.717, 1.165) is 31.4 Å². The van der Waals surface area contributed by atoms with Gasteiger partial charge in [-0.1, -0.05) is 0 Å². The predicted molar refractivity (Wildman–Crippen MR) is 111 cm³/mol. The van der Waals surface area contributed by atoms with Crippen molar-refractivity contribution in [3.63, 3.8) is 0 Å². The van der Waals surface area contributed by atoms with E-state index < -0.39 is 5.60 Å². The van der Waals surface area contributed by atoms with Gasteiger partial charge in [-0.25, -0.2) is 9.18 Å². The molecule has 0 bridgehead atoms. The number of imidazole rings is 1. The van der Waals surface area contributed by atoms with Gasteiger partial charge in [-0.2, -0.15) is 0 Å². The normalized spacial score (nSPS) is 21.3. The number of rotatable bonds is 5. The number of ether oxygens (including phenoxy) is 1. The molecule has 2 aromatic rings. The number of fused-ring (bicyclic) bond motifs is 1. The van der Waals surface area contributed by atoms with Crippen LogP contribution in [0.15, 0.2) is 23.0 Å². The van der Waals surface area contributed by atoms with Gasteiger partial charge >= 0.3 is 5.69 Å². The van der Waals surface area contributed by atoms with Gasteiger partial charge in [0.2, 0.25) is 0 Å². The summed E-state index contributed by atoms with van der Waals surface area (Å²) in [5, 5.41) is 10.8. The maximum absolute atomic E-state index is 13.9. The Bertz CT molecular complexity index is 906. The highest BCUT2D eigenvalue weighted by atomic mass is 19.1. The molecule has 0 unspecified atom stereocenters. The Morgan fingerprint density at radius 2 is 1.90 bits per heavy atom. The fraction of sp³-hybridized carbons (Fsp3) is 0.682. The Hall–Kier alpha value is -1.70. The van der Waals surface area contributed by atoms with Gasteiger partial charge in [-0.3, -0.25) is 9.13 Å². The zero-order valence-corrected chi connectivity index (χ0v) is 17.4. The summed E-state index contributed by atoms with van der Waals surface area (Å²) < 4.78 is 22.8. The summed E-state index contributed by atoms with van der Waals surface area (Å²) in [4.78, 5) is 15.4. The van der Waals surface area contributed by atoms with E-state index in [0.29, 0.717) is 50.6 Å². The lowest BCUT2D eigenvalue weighted by Crippen LogP contribution is -2.49. The molecule has 0 aliphatic carbocycles. The maximum Gasteiger partial charge on any atom is 0.329 e. The molecule has 1 N–H and O–H groups in total. The lowest BCUT2D eigenvalue weighted by Gasteiger charge is -2.39. The van der Waals surface area contributed by atoms with Crippen molar-refractivity contribution in [1.82, 2.24) is 14.0 Å². The molecule has 0 spiro atoms. The molecule has 29 heavy (non-hydrogen) atoms. The Morgan fingerprint density at radius 3 is 2.55 bits per heavy atom. The van der Waals surface area contributed by atoms with Crippen molar-refractivity contribution in [1.29, 1.82) is 0 Å². The summed E-state index contributed by atoms with van der Waals surface area (Å²) in [6.07, 6.45) is 3.34. The molecule has 0 radical (unpaired) electrons. The van der Waals surface area contributed by atoms with Crippen LogP contribution in [0.25, 0.3) is 11.0 Å². The molecular formula is C22H32FN3O3. The molecule has 6 nitrogen and oxygen atoms in total. The minimum atomic E-state index is -0.635. The van der Waals surface area contributed by atoms with Gasteiger partial charge in [-0.05, 0) is 63.9 Å². The number of hydrogen-bond acceptors (Lipinski definition) is 4. The number of halogens is 1. The molecule has 7 heteroatoms. The van der Waals surface area contributed by atoms with Crippen LogP contribution in [0, 0.1) is 11.7 Å². The van der Waals surface area contributed by atoms with E-state index >= 15 is 0 Å². The van der Waals surface area contributed by atoms with Gasteiger partial charge < -0.3 is 14.7 Å². The zero-order valence-electron chi connectivity index (χ0n) is 17.4. The number of nitrogens with zero attached hydrogens (tertiary/aromatic N) is 3. The minimum absolute atomic E-state index is 0.0266. The quantitative estimate of drug-likeness (QED) is 0.831. The Balaban J connectivity index is 1.46. The summed E-state index contributed by atoms with van der Waals surface area (Å²) in [5.41, 5.74) is 0.789. The average Bonchev–Trinajstić information content (AvgIpc) is 2.95. The number of piperidine rings is 1. The smallest absolute Gasteiger partial charge is 0.329 e. The van der Waals surface area contributed by atoms with Crippen molar-refractivity contribution in [2.24, 2.45) is 5.92 Å². The highest BCUT2D eigenvalue weighted by Gasteiger charge is 2.33. The number of aliphatic hydroxyl groups is 1. The van der Waals surface area contributed by atoms with Crippen molar-refractivity contribution >= 4 is 11.0 Å². The lowest BCUT2D eigenvalue weighted by atomic mass is 9.91. The topological polar surface area (TPSA) is 59.6 Å². The average molecular weight is 406 g/mol. The monoisotopic (exact) mass is 405 g/mol. The Kier molecular flexibility index (Phi) is 5.82. The van der Waals surface area contributed by atoms with E-state index in [9.17, 15) is 14.3 Å². The van der Waals surface area contributed by atoms with Crippen LogP contribution in [0.1, 0.15) is 45.6 Å². The molecular weight excluding hydrogens is 373 g/mol. The van der Waals surface area contributed by atoms with E-state index in [1.54, 1.807) is 15.2 Å². The third kappa shape index (κ3) is 4.27. The number of β-amino-alcohol motifs (C(OH)–C–C–N with tert-alkyl or cyclic N) is 1. The Labute approximate surface area is 170 Å². The van der Waals surface area contributed by atoms with Crippen LogP contribution in [0.3, 0.4) is 0 Å². The van der Waals surface area contributed by atoms with Crippen molar-refractivity contribution in [2.75, 3.05) is 32.8 Å². The summed E-state index contributed by atoms with van der Waals surface area (Å²) in [6, 6.07) is 4.63. The molecule has 0 atom stereocenters. The van der Waals surface area contributed by atoms with E-state index in [1.807, 2.05) is 13.8 Å². The first-order chi connectivity index (χ1) is 13.9. The van der Waals surface area contributed by atoms with Crippen LogP contribution >= 0.6 is 0 Å². The van der Waals surface area contributed by atoms with Gasteiger partial charge in [0.1, 0.15) is 5.82 Å². The highest BCUT2D eigenvalue weighted by molar-refractivity contribution is 5.76. The number of benzene rings is 1. The van der Waals surface area contributed by atoms with E-state index in [2.05, 4.69) is 4.90 Å². The second-order valence-corrected chi connectivity index (χ2v) is 9.05. The van der Waals surface area contributed by atoms with Gasteiger partial charge in [0, 0.05) is 45.2 Å². The minimum Gasteiger partial charge on any atom is -0.388 e. The summed E-state index contributed by atoms with van der Waals surface area (Å²) in [5.74, 6) is 0.0643. The van der Waals surface area contributed by atoms with Gasteiger partial charge in [0.05, 0.1) is 16.6 Å². The van der Waals surface area contributed by atoms with Crippen LogP contribution in [0.5, 0.6) is 0 Å². The Morgan fingerprint density at radius 1 is 1.21 bits per heavy atom. The lowest BCUT2D eigenvalue weighted by molar-refractivity contribution is -0.0831. The van der Waals surface area contributed by atoms with Crippen molar-refractivity contribution in [2.45, 2.75) is 57.7 Å². The summed E-state index contributed by atoms with van der Waals surface area (Å²) in [7, 11) is 0.